The molecule has 4 heteroatoms. The first-order valence-corrected chi connectivity index (χ1v) is 8.04. The first-order chi connectivity index (χ1) is 11.6. The van der Waals surface area contributed by atoms with Crippen LogP contribution < -0.4 is 10.1 Å². The van der Waals surface area contributed by atoms with E-state index in [1.807, 2.05) is 30.3 Å². The fraction of sp³-hybridized carbons (Fsp3) is 0.250. The molecular formula is C20H22N2O2. The average Bonchev–Trinajstić information content (AvgIpc) is 2.59. The second-order valence-corrected chi connectivity index (χ2v) is 6.03. The molecule has 0 spiro atoms. The molecule has 0 unspecified atom stereocenters. The molecule has 0 saturated heterocycles. The van der Waals surface area contributed by atoms with Crippen LogP contribution in [0.3, 0.4) is 0 Å². The van der Waals surface area contributed by atoms with Gasteiger partial charge in [0.2, 0.25) is 0 Å². The Morgan fingerprint density at radius 1 is 1.12 bits per heavy atom. The number of methoxy groups -OCH3 is 1. The molecule has 0 aliphatic carbocycles. The molecule has 1 aromatic heterocycles. The minimum absolute atomic E-state index is 0.414. The number of pyridine rings is 1. The van der Waals surface area contributed by atoms with Crippen LogP contribution in [0, 0.1) is 6.92 Å². The van der Waals surface area contributed by atoms with E-state index >= 15 is 0 Å². The van der Waals surface area contributed by atoms with Gasteiger partial charge in [-0.2, -0.15) is 0 Å². The van der Waals surface area contributed by atoms with Crippen molar-refractivity contribution in [2.75, 3.05) is 19.0 Å². The lowest BCUT2D eigenvalue weighted by Crippen LogP contribution is -2.15. The van der Waals surface area contributed by atoms with E-state index in [2.05, 4.69) is 30.4 Å². The van der Waals surface area contributed by atoms with E-state index in [4.69, 9.17) is 9.72 Å². The molecule has 0 amide bonds. The second kappa shape index (κ2) is 6.89. The third kappa shape index (κ3) is 3.49. The van der Waals surface area contributed by atoms with Gasteiger partial charge in [-0.1, -0.05) is 12.1 Å². The van der Waals surface area contributed by atoms with Crippen LogP contribution in [-0.2, 0) is 0 Å². The first-order valence-electron chi connectivity index (χ1n) is 8.04. The molecule has 2 N–H and O–H groups in total. The Bertz CT molecular complexity index is 842. The summed E-state index contributed by atoms with van der Waals surface area (Å²) in [7, 11) is 1.66. The number of aryl methyl sites for hydroxylation is 1. The van der Waals surface area contributed by atoms with Crippen LogP contribution in [0.1, 0.15) is 12.5 Å². The predicted octanol–water partition coefficient (Wildman–Crippen LogP) is 4.01. The van der Waals surface area contributed by atoms with Crippen LogP contribution in [0.4, 0.5) is 5.69 Å². The lowest BCUT2D eigenvalue weighted by molar-refractivity contribution is 0.208. The van der Waals surface area contributed by atoms with E-state index in [-0.39, 0.29) is 0 Å². The summed E-state index contributed by atoms with van der Waals surface area (Å²) in [5.41, 5.74) is 5.01. The molecule has 1 atom stereocenters. The van der Waals surface area contributed by atoms with Gasteiger partial charge in [-0.05, 0) is 55.8 Å². The van der Waals surface area contributed by atoms with Gasteiger partial charge in [-0.15, -0.1) is 0 Å². The summed E-state index contributed by atoms with van der Waals surface area (Å²) in [4.78, 5) is 4.81. The van der Waals surface area contributed by atoms with Crippen LogP contribution >= 0.6 is 0 Å². The van der Waals surface area contributed by atoms with Gasteiger partial charge in [0.15, 0.2) is 0 Å². The van der Waals surface area contributed by atoms with Gasteiger partial charge in [0.1, 0.15) is 5.75 Å². The zero-order valence-electron chi connectivity index (χ0n) is 14.2. The Labute approximate surface area is 142 Å². The third-order valence-electron chi connectivity index (χ3n) is 3.94. The lowest BCUT2D eigenvalue weighted by atomic mass is 10.1. The monoisotopic (exact) mass is 322 g/mol. The Kier molecular flexibility index (Phi) is 4.67. The van der Waals surface area contributed by atoms with Crippen molar-refractivity contribution in [1.29, 1.82) is 0 Å². The first kappa shape index (κ1) is 16.3. The fourth-order valence-corrected chi connectivity index (χ4v) is 2.65. The van der Waals surface area contributed by atoms with Gasteiger partial charge >= 0.3 is 0 Å². The molecule has 0 aliphatic heterocycles. The number of rotatable bonds is 5. The van der Waals surface area contributed by atoms with Crippen molar-refractivity contribution < 1.29 is 9.84 Å². The number of aliphatic hydroxyl groups excluding tert-OH is 1. The van der Waals surface area contributed by atoms with Gasteiger partial charge in [0.05, 0.1) is 24.4 Å². The number of aliphatic hydroxyl groups is 1. The number of benzene rings is 2. The average molecular weight is 322 g/mol. The molecule has 0 radical (unpaired) electrons. The summed E-state index contributed by atoms with van der Waals surface area (Å²) in [6, 6.07) is 16.1. The van der Waals surface area contributed by atoms with Crippen LogP contribution in [0.2, 0.25) is 0 Å². The molecule has 3 aromatic rings. The van der Waals surface area contributed by atoms with Gasteiger partial charge in [-0.25, -0.2) is 4.98 Å². The van der Waals surface area contributed by atoms with Gasteiger partial charge < -0.3 is 15.2 Å². The molecule has 4 nitrogen and oxygen atoms in total. The number of nitrogens with one attached hydrogen (secondary N) is 1. The Morgan fingerprint density at radius 2 is 1.88 bits per heavy atom. The smallest absolute Gasteiger partial charge is 0.118 e. The molecular weight excluding hydrogens is 300 g/mol. The molecule has 0 saturated carbocycles. The van der Waals surface area contributed by atoms with Gasteiger partial charge in [0, 0.05) is 23.2 Å². The highest BCUT2D eigenvalue weighted by molar-refractivity contribution is 5.94. The van der Waals surface area contributed by atoms with Crippen molar-refractivity contribution in [3.8, 4) is 17.0 Å². The maximum atomic E-state index is 9.58. The summed E-state index contributed by atoms with van der Waals surface area (Å²) < 4.78 is 5.22. The number of anilines is 1. The highest BCUT2D eigenvalue weighted by atomic mass is 16.5. The van der Waals surface area contributed by atoms with Crippen LogP contribution in [0.15, 0.2) is 48.5 Å². The van der Waals surface area contributed by atoms with Crippen LogP contribution in [-0.4, -0.2) is 29.8 Å². The van der Waals surface area contributed by atoms with Gasteiger partial charge in [0.25, 0.3) is 0 Å². The summed E-state index contributed by atoms with van der Waals surface area (Å²) in [5.74, 6) is 0.822. The van der Waals surface area contributed by atoms with Gasteiger partial charge in [-0.3, -0.25) is 0 Å². The summed E-state index contributed by atoms with van der Waals surface area (Å²) in [6.07, 6.45) is -0.414. The second-order valence-electron chi connectivity index (χ2n) is 6.03. The topological polar surface area (TPSA) is 54.4 Å². The summed E-state index contributed by atoms with van der Waals surface area (Å²) in [5, 5.41) is 14.0. The molecule has 3 rings (SSSR count). The van der Waals surface area contributed by atoms with Crippen LogP contribution in [0.5, 0.6) is 5.75 Å². The van der Waals surface area contributed by atoms with E-state index in [0.29, 0.717) is 6.54 Å². The zero-order chi connectivity index (χ0) is 17.1. The molecule has 0 fully saturated rings. The Balaban J connectivity index is 2.09. The molecule has 2 aromatic carbocycles. The number of ether oxygens (including phenoxy) is 1. The minimum atomic E-state index is -0.414. The van der Waals surface area contributed by atoms with Crippen molar-refractivity contribution >= 4 is 16.6 Å². The van der Waals surface area contributed by atoms with Crippen molar-refractivity contribution in [2.45, 2.75) is 20.0 Å². The zero-order valence-corrected chi connectivity index (χ0v) is 14.2. The number of fused-ring (bicyclic) bond motifs is 1. The summed E-state index contributed by atoms with van der Waals surface area (Å²) in [6.45, 7) is 4.32. The normalized spacial score (nSPS) is 12.2. The van der Waals surface area contributed by atoms with E-state index in [0.717, 1.165) is 33.6 Å². The van der Waals surface area contributed by atoms with Crippen molar-refractivity contribution in [3.63, 3.8) is 0 Å². The third-order valence-corrected chi connectivity index (χ3v) is 3.94. The molecule has 0 aliphatic rings. The van der Waals surface area contributed by atoms with E-state index in [9.17, 15) is 5.11 Å². The Morgan fingerprint density at radius 3 is 2.54 bits per heavy atom. The maximum absolute atomic E-state index is 9.58. The number of aromatic nitrogens is 1. The highest BCUT2D eigenvalue weighted by Crippen LogP contribution is 2.29. The standard InChI is InChI=1S/C20H22N2O2/c1-13-4-9-17-19(21-12-14(2)23)11-18(22-20(17)10-13)15-5-7-16(24-3)8-6-15/h4-11,14,23H,12H2,1-3H3,(H,21,22)/t14-/m0/s1. The largest absolute Gasteiger partial charge is 0.497 e. The maximum Gasteiger partial charge on any atom is 0.118 e. The minimum Gasteiger partial charge on any atom is -0.497 e. The van der Waals surface area contributed by atoms with Crippen molar-refractivity contribution in [1.82, 2.24) is 4.98 Å². The van der Waals surface area contributed by atoms with E-state index in [1.54, 1.807) is 14.0 Å². The van der Waals surface area contributed by atoms with Crippen molar-refractivity contribution in [3.05, 3.63) is 54.1 Å². The summed E-state index contributed by atoms with van der Waals surface area (Å²) >= 11 is 0. The SMILES string of the molecule is COc1ccc(-c2cc(NC[C@H](C)O)c3ccc(C)cc3n2)cc1. The number of hydrogen-bond acceptors (Lipinski definition) is 4. The molecule has 0 bridgehead atoms. The molecule has 1 heterocycles. The lowest BCUT2D eigenvalue weighted by Gasteiger charge is -2.14. The Hall–Kier alpha value is -2.59. The van der Waals surface area contributed by atoms with Crippen LogP contribution in [0.25, 0.3) is 22.2 Å². The quantitative estimate of drug-likeness (QED) is 0.745. The number of nitrogens with zero attached hydrogens (tertiary/aromatic N) is 1. The van der Waals surface area contributed by atoms with E-state index in [1.165, 1.54) is 5.56 Å². The molecule has 124 valence electrons. The number of hydrogen-bond donors (Lipinski definition) is 2. The highest BCUT2D eigenvalue weighted by Gasteiger charge is 2.09. The van der Waals surface area contributed by atoms with Crippen molar-refractivity contribution in [2.24, 2.45) is 0 Å². The van der Waals surface area contributed by atoms with E-state index < -0.39 is 6.10 Å². The molecule has 24 heavy (non-hydrogen) atoms. The predicted molar refractivity (Wildman–Crippen MR) is 98.6 cm³/mol. The fourth-order valence-electron chi connectivity index (χ4n) is 2.65.